The molecule has 0 saturated heterocycles. The van der Waals surface area contributed by atoms with Gasteiger partial charge in [0.1, 0.15) is 17.4 Å². The lowest BCUT2D eigenvalue weighted by molar-refractivity contribution is -0.383. The number of nitrogens with zero attached hydrogens (tertiary/aromatic N) is 3. The van der Waals surface area contributed by atoms with Crippen molar-refractivity contribution in [3.8, 4) is 0 Å². The summed E-state index contributed by atoms with van der Waals surface area (Å²) in [6.45, 7) is 0. The predicted octanol–water partition coefficient (Wildman–Crippen LogP) is 0.866. The number of aromatic nitrogens is 3. The zero-order chi connectivity index (χ0) is 8.55. The second-order valence-electron chi connectivity index (χ2n) is 2.22. The lowest BCUT2D eigenvalue weighted by Crippen LogP contribution is -1.85. The Morgan fingerprint density at radius 2 is 2.42 bits per heavy atom. The maximum Gasteiger partial charge on any atom is 0.297 e. The highest BCUT2D eigenvalue weighted by Gasteiger charge is 2.13. The van der Waals surface area contributed by atoms with E-state index in [2.05, 4.69) is 15.0 Å². The van der Waals surface area contributed by atoms with E-state index in [9.17, 15) is 10.1 Å². The molecule has 1 N–H and O–H groups in total. The predicted molar refractivity (Wildman–Crippen MR) is 40.5 cm³/mol. The van der Waals surface area contributed by atoms with Crippen molar-refractivity contribution in [2.24, 2.45) is 0 Å². The minimum atomic E-state index is -0.470. The van der Waals surface area contributed by atoms with Crippen molar-refractivity contribution in [3.05, 3.63) is 28.8 Å². The summed E-state index contributed by atoms with van der Waals surface area (Å²) in [5.41, 5.74) is 0.488. The fraction of sp³-hybridized carbons (Fsp3) is 0. The van der Waals surface area contributed by atoms with Crippen molar-refractivity contribution in [2.75, 3.05) is 0 Å². The van der Waals surface area contributed by atoms with Crippen LogP contribution >= 0.6 is 0 Å². The van der Waals surface area contributed by atoms with Crippen LogP contribution in [0.3, 0.4) is 0 Å². The average Bonchev–Trinajstić information content (AvgIpc) is 2.47. The highest BCUT2D eigenvalue weighted by atomic mass is 16.6. The third-order valence-corrected chi connectivity index (χ3v) is 1.53. The highest BCUT2D eigenvalue weighted by Crippen LogP contribution is 2.21. The molecular weight excluding hydrogens is 160 g/mol. The summed E-state index contributed by atoms with van der Waals surface area (Å²) in [5.74, 6) is 0. The second-order valence-corrected chi connectivity index (χ2v) is 2.22. The van der Waals surface area contributed by atoms with E-state index in [1.54, 1.807) is 0 Å². The fourth-order valence-electron chi connectivity index (χ4n) is 0.998. The number of fused-ring (bicyclic) bond motifs is 1. The summed E-state index contributed by atoms with van der Waals surface area (Å²) in [6, 6.07) is 0. The Balaban J connectivity index is 2.79. The van der Waals surface area contributed by atoms with E-state index in [0.717, 1.165) is 0 Å². The van der Waals surface area contributed by atoms with Crippen LogP contribution in [0.15, 0.2) is 18.7 Å². The van der Waals surface area contributed by atoms with Crippen molar-refractivity contribution < 1.29 is 4.92 Å². The van der Waals surface area contributed by atoms with Crippen LogP contribution in [0.2, 0.25) is 0 Å². The molecule has 2 aromatic heterocycles. The van der Waals surface area contributed by atoms with Crippen LogP contribution in [-0.4, -0.2) is 19.9 Å². The summed E-state index contributed by atoms with van der Waals surface area (Å²) < 4.78 is 0. The van der Waals surface area contributed by atoms with Gasteiger partial charge in [-0.3, -0.25) is 10.1 Å². The van der Waals surface area contributed by atoms with E-state index < -0.39 is 4.92 Å². The minimum Gasteiger partial charge on any atom is -0.340 e. The van der Waals surface area contributed by atoms with Gasteiger partial charge in [0.15, 0.2) is 0 Å². The molecule has 0 amide bonds. The van der Waals surface area contributed by atoms with Crippen LogP contribution in [0.25, 0.3) is 11.0 Å². The number of hydrogen-bond acceptors (Lipinski definition) is 4. The Morgan fingerprint density at radius 1 is 1.58 bits per heavy atom. The third kappa shape index (κ3) is 0.815. The second kappa shape index (κ2) is 2.26. The van der Waals surface area contributed by atoms with E-state index in [4.69, 9.17) is 0 Å². The Labute approximate surface area is 66.4 Å². The summed E-state index contributed by atoms with van der Waals surface area (Å²) >= 11 is 0. The molecule has 0 saturated carbocycles. The van der Waals surface area contributed by atoms with Crippen molar-refractivity contribution in [2.45, 2.75) is 0 Å². The normalized spacial score (nSPS) is 10.3. The number of nitrogens with one attached hydrogen (secondary N) is 1. The van der Waals surface area contributed by atoms with Crippen LogP contribution in [0, 0.1) is 10.1 Å². The first-order valence-electron chi connectivity index (χ1n) is 3.20. The van der Waals surface area contributed by atoms with E-state index in [1.165, 1.54) is 18.7 Å². The number of aromatic amines is 1. The topological polar surface area (TPSA) is 84.7 Å². The van der Waals surface area contributed by atoms with Crippen molar-refractivity contribution >= 4 is 16.7 Å². The number of rotatable bonds is 1. The molecule has 0 fully saturated rings. The molecule has 2 heterocycles. The smallest absolute Gasteiger partial charge is 0.297 e. The van der Waals surface area contributed by atoms with Gasteiger partial charge in [-0.25, -0.2) is 9.97 Å². The fourth-order valence-corrected chi connectivity index (χ4v) is 0.998. The van der Waals surface area contributed by atoms with Gasteiger partial charge in [-0.1, -0.05) is 0 Å². The molecule has 0 radical (unpaired) electrons. The van der Waals surface area contributed by atoms with Gasteiger partial charge in [-0.15, -0.1) is 0 Å². The zero-order valence-electron chi connectivity index (χ0n) is 5.89. The first-order valence-corrected chi connectivity index (χ1v) is 3.20. The Bertz CT molecular complexity index is 436. The van der Waals surface area contributed by atoms with E-state index in [1.807, 2.05) is 0 Å². The Kier molecular flexibility index (Phi) is 1.26. The SMILES string of the molecule is O=[N+]([O-])c1c[nH]c2ncncc12. The molecule has 0 aliphatic rings. The van der Waals surface area contributed by atoms with Crippen LogP contribution in [-0.2, 0) is 0 Å². The van der Waals surface area contributed by atoms with Gasteiger partial charge in [-0.2, -0.15) is 0 Å². The van der Waals surface area contributed by atoms with Gasteiger partial charge in [0.05, 0.1) is 11.1 Å². The van der Waals surface area contributed by atoms with Crippen LogP contribution in [0.1, 0.15) is 0 Å². The minimum absolute atomic E-state index is 0.00519. The molecule has 0 aliphatic heterocycles. The number of H-pyrrole nitrogens is 1. The molecular formula is C6H4N4O2. The quantitative estimate of drug-likeness (QED) is 0.500. The maximum absolute atomic E-state index is 10.4. The third-order valence-electron chi connectivity index (χ3n) is 1.53. The highest BCUT2D eigenvalue weighted by molar-refractivity contribution is 5.84. The molecule has 6 nitrogen and oxygen atoms in total. The van der Waals surface area contributed by atoms with E-state index in [0.29, 0.717) is 11.0 Å². The zero-order valence-corrected chi connectivity index (χ0v) is 5.89. The summed E-state index contributed by atoms with van der Waals surface area (Å²) in [5, 5.41) is 10.8. The summed E-state index contributed by atoms with van der Waals surface area (Å²) in [7, 11) is 0. The average molecular weight is 164 g/mol. The molecule has 12 heavy (non-hydrogen) atoms. The molecule has 0 atom stereocenters. The van der Waals surface area contributed by atoms with Gasteiger partial charge >= 0.3 is 0 Å². The van der Waals surface area contributed by atoms with Gasteiger partial charge in [0.25, 0.3) is 5.69 Å². The van der Waals surface area contributed by atoms with Gasteiger partial charge < -0.3 is 4.98 Å². The largest absolute Gasteiger partial charge is 0.340 e. The molecule has 0 aliphatic carbocycles. The van der Waals surface area contributed by atoms with Crippen molar-refractivity contribution in [1.29, 1.82) is 0 Å². The maximum atomic E-state index is 10.4. The number of nitro groups is 1. The van der Waals surface area contributed by atoms with E-state index in [-0.39, 0.29) is 5.69 Å². The molecule has 60 valence electrons. The molecule has 2 rings (SSSR count). The van der Waals surface area contributed by atoms with Crippen molar-refractivity contribution in [1.82, 2.24) is 15.0 Å². The molecule has 0 bridgehead atoms. The lowest BCUT2D eigenvalue weighted by Gasteiger charge is -1.85. The molecule has 6 heteroatoms. The molecule has 0 unspecified atom stereocenters. The standard InChI is InChI=1S/C6H4N4O2/c11-10(12)5-2-8-6-4(5)1-7-3-9-6/h1-3H,(H,7,8,9). The van der Waals surface area contributed by atoms with Gasteiger partial charge in [0.2, 0.25) is 0 Å². The molecule has 2 aromatic rings. The monoisotopic (exact) mass is 164 g/mol. The summed E-state index contributed by atoms with van der Waals surface area (Å²) in [4.78, 5) is 20.1. The molecule has 0 aromatic carbocycles. The Hall–Kier alpha value is -1.98. The summed E-state index contributed by atoms with van der Waals surface area (Å²) in [6.07, 6.45) is 4.05. The van der Waals surface area contributed by atoms with E-state index >= 15 is 0 Å². The van der Waals surface area contributed by atoms with Gasteiger partial charge in [-0.05, 0) is 0 Å². The number of hydrogen-bond donors (Lipinski definition) is 1. The lowest BCUT2D eigenvalue weighted by atomic mass is 10.4. The first-order chi connectivity index (χ1) is 5.79. The van der Waals surface area contributed by atoms with Crippen LogP contribution in [0.4, 0.5) is 5.69 Å². The molecule has 0 spiro atoms. The van der Waals surface area contributed by atoms with Crippen LogP contribution in [0.5, 0.6) is 0 Å². The first kappa shape index (κ1) is 6.71. The van der Waals surface area contributed by atoms with Crippen molar-refractivity contribution in [3.63, 3.8) is 0 Å². The van der Waals surface area contributed by atoms with Crippen LogP contribution < -0.4 is 0 Å². The van der Waals surface area contributed by atoms with Gasteiger partial charge in [0, 0.05) is 6.20 Å². The Morgan fingerprint density at radius 3 is 3.17 bits per heavy atom.